The van der Waals surface area contributed by atoms with Gasteiger partial charge in [-0.3, -0.25) is 0 Å². The van der Waals surface area contributed by atoms with Gasteiger partial charge >= 0.3 is 0 Å². The van der Waals surface area contributed by atoms with Crippen LogP contribution in [-0.4, -0.2) is 0 Å². The summed E-state index contributed by atoms with van der Waals surface area (Å²) in [5, 5.41) is 3.34. The Morgan fingerprint density at radius 2 is 1.77 bits per heavy atom. The molecule has 1 aromatic carbocycles. The highest BCUT2D eigenvalue weighted by molar-refractivity contribution is 5.23. The van der Waals surface area contributed by atoms with E-state index < -0.39 is 0 Å². The van der Waals surface area contributed by atoms with Crippen LogP contribution in [0.3, 0.4) is 0 Å². The largest absolute Gasteiger partial charge is 0.380 e. The Balaban J connectivity index is 2.87. The highest BCUT2D eigenvalue weighted by Crippen LogP contribution is 2.20. The van der Waals surface area contributed by atoms with Crippen LogP contribution < -0.4 is 5.32 Å². The van der Waals surface area contributed by atoms with Gasteiger partial charge in [0.2, 0.25) is 0 Å². The third kappa shape index (κ3) is 2.62. The molecule has 0 aromatic heterocycles. The van der Waals surface area contributed by atoms with Crippen LogP contribution in [-0.2, 0) is 5.54 Å². The Labute approximate surface area is 80.5 Å². The highest BCUT2D eigenvalue weighted by Gasteiger charge is 2.18. The highest BCUT2D eigenvalue weighted by atomic mass is 15.0. The van der Waals surface area contributed by atoms with Crippen molar-refractivity contribution in [3.63, 3.8) is 0 Å². The van der Waals surface area contributed by atoms with Crippen molar-refractivity contribution in [2.45, 2.75) is 26.3 Å². The number of hydrogen-bond donors (Lipinski definition) is 1. The predicted octanol–water partition coefficient (Wildman–Crippen LogP) is 3.04. The van der Waals surface area contributed by atoms with Crippen LogP contribution in [0.1, 0.15) is 26.3 Å². The number of benzene rings is 1. The molecule has 1 nitrogen and oxygen atoms in total. The van der Waals surface area contributed by atoms with E-state index in [1.807, 2.05) is 13.0 Å². The van der Waals surface area contributed by atoms with E-state index in [9.17, 15) is 0 Å². The second-order valence-electron chi connectivity index (χ2n) is 3.90. The minimum Gasteiger partial charge on any atom is -0.380 e. The average molecular weight is 175 g/mol. The van der Waals surface area contributed by atoms with Crippen molar-refractivity contribution in [3.8, 4) is 0 Å². The molecule has 0 spiro atoms. The van der Waals surface area contributed by atoms with Gasteiger partial charge in [0.05, 0.1) is 5.54 Å². The van der Waals surface area contributed by atoms with Crippen LogP contribution in [0.25, 0.3) is 0 Å². The van der Waals surface area contributed by atoms with Crippen molar-refractivity contribution in [2.24, 2.45) is 0 Å². The van der Waals surface area contributed by atoms with Crippen molar-refractivity contribution < 1.29 is 0 Å². The normalized spacial score (nSPS) is 11.0. The molecule has 0 atom stereocenters. The van der Waals surface area contributed by atoms with Gasteiger partial charge in [-0.2, -0.15) is 0 Å². The van der Waals surface area contributed by atoms with Gasteiger partial charge in [-0.05, 0) is 26.3 Å². The van der Waals surface area contributed by atoms with E-state index in [0.29, 0.717) is 0 Å². The molecule has 1 aromatic rings. The number of allylic oxidation sites excluding steroid dienone is 1. The Hall–Kier alpha value is -1.24. The first-order valence-corrected chi connectivity index (χ1v) is 4.51. The molecule has 1 N–H and O–H groups in total. The molecule has 13 heavy (non-hydrogen) atoms. The third-order valence-electron chi connectivity index (χ3n) is 2.02. The maximum absolute atomic E-state index is 3.85. The van der Waals surface area contributed by atoms with Gasteiger partial charge in [0.15, 0.2) is 0 Å². The molecule has 0 saturated carbocycles. The quantitative estimate of drug-likeness (QED) is 0.744. The Morgan fingerprint density at radius 3 is 2.23 bits per heavy atom. The molecule has 0 heterocycles. The molecule has 0 aliphatic rings. The summed E-state index contributed by atoms with van der Waals surface area (Å²) in [5.41, 5.74) is 2.24. The lowest BCUT2D eigenvalue weighted by atomic mass is 9.94. The van der Waals surface area contributed by atoms with Gasteiger partial charge < -0.3 is 5.32 Å². The van der Waals surface area contributed by atoms with Gasteiger partial charge in [-0.15, -0.1) is 0 Å². The van der Waals surface area contributed by atoms with E-state index in [4.69, 9.17) is 0 Å². The van der Waals surface area contributed by atoms with E-state index in [2.05, 4.69) is 50.0 Å². The van der Waals surface area contributed by atoms with Crippen LogP contribution in [0.2, 0.25) is 0 Å². The van der Waals surface area contributed by atoms with E-state index in [1.54, 1.807) is 0 Å². The zero-order valence-corrected chi connectivity index (χ0v) is 8.59. The molecule has 0 aliphatic carbocycles. The number of hydrogen-bond acceptors (Lipinski definition) is 1. The first kappa shape index (κ1) is 9.85. The van der Waals surface area contributed by atoms with Gasteiger partial charge in [0.25, 0.3) is 0 Å². The smallest absolute Gasteiger partial charge is 0.0565 e. The van der Waals surface area contributed by atoms with Gasteiger partial charge in [-0.25, -0.2) is 0 Å². The van der Waals surface area contributed by atoms with Gasteiger partial charge in [-0.1, -0.05) is 36.9 Å². The van der Waals surface area contributed by atoms with Crippen molar-refractivity contribution >= 4 is 0 Å². The molecular weight excluding hydrogens is 158 g/mol. The molecular formula is C12H17N. The van der Waals surface area contributed by atoms with Crippen molar-refractivity contribution in [1.82, 2.24) is 5.32 Å². The third-order valence-corrected chi connectivity index (χ3v) is 2.02. The Kier molecular flexibility index (Phi) is 2.76. The fraction of sp³-hybridized carbons (Fsp3) is 0.333. The molecule has 0 unspecified atom stereocenters. The molecule has 1 rings (SSSR count). The zero-order chi connectivity index (χ0) is 9.90. The summed E-state index contributed by atoms with van der Waals surface area (Å²) in [4.78, 5) is 0. The van der Waals surface area contributed by atoms with Crippen LogP contribution >= 0.6 is 0 Å². The summed E-state index contributed by atoms with van der Waals surface area (Å²) >= 11 is 0. The second-order valence-corrected chi connectivity index (χ2v) is 3.90. The van der Waals surface area contributed by atoms with Crippen LogP contribution in [0.5, 0.6) is 0 Å². The molecule has 0 fully saturated rings. The molecule has 0 bridgehead atoms. The molecule has 70 valence electrons. The predicted molar refractivity (Wildman–Crippen MR) is 57.4 cm³/mol. The van der Waals surface area contributed by atoms with Crippen LogP contribution in [0.4, 0.5) is 0 Å². The minimum atomic E-state index is -0.0346. The lowest BCUT2D eigenvalue weighted by Gasteiger charge is -2.28. The van der Waals surface area contributed by atoms with E-state index >= 15 is 0 Å². The molecule has 0 amide bonds. The van der Waals surface area contributed by atoms with Crippen LogP contribution in [0.15, 0.2) is 42.6 Å². The fourth-order valence-corrected chi connectivity index (χ4v) is 1.46. The summed E-state index contributed by atoms with van der Waals surface area (Å²) in [6.07, 6.45) is 0. The van der Waals surface area contributed by atoms with Gasteiger partial charge in [0.1, 0.15) is 0 Å². The number of nitrogens with one attached hydrogen (secondary N) is 1. The molecule has 1 heteroatoms. The Bertz CT molecular complexity index is 285. The molecule has 0 radical (unpaired) electrons. The average Bonchev–Trinajstić information content (AvgIpc) is 2.04. The first-order valence-electron chi connectivity index (χ1n) is 4.51. The lowest BCUT2D eigenvalue weighted by Crippen LogP contribution is -2.34. The minimum absolute atomic E-state index is 0.0346. The first-order chi connectivity index (χ1) is 6.02. The summed E-state index contributed by atoms with van der Waals surface area (Å²) < 4.78 is 0. The maximum atomic E-state index is 3.85. The second kappa shape index (κ2) is 3.65. The summed E-state index contributed by atoms with van der Waals surface area (Å²) in [6.45, 7) is 10.1. The van der Waals surface area contributed by atoms with E-state index in [1.165, 1.54) is 5.56 Å². The standard InChI is InChI=1S/C12H17N/c1-10(2)13-12(3,4)11-8-6-5-7-9-11/h5-9,13H,1H2,2-4H3. The Morgan fingerprint density at radius 1 is 1.23 bits per heavy atom. The van der Waals surface area contributed by atoms with E-state index in [0.717, 1.165) is 5.70 Å². The summed E-state index contributed by atoms with van der Waals surface area (Å²) in [7, 11) is 0. The summed E-state index contributed by atoms with van der Waals surface area (Å²) in [6, 6.07) is 10.4. The molecule has 0 aliphatic heterocycles. The molecule has 0 saturated heterocycles. The maximum Gasteiger partial charge on any atom is 0.0565 e. The van der Waals surface area contributed by atoms with Crippen molar-refractivity contribution in [2.75, 3.05) is 0 Å². The summed E-state index contributed by atoms with van der Waals surface area (Å²) in [5.74, 6) is 0. The SMILES string of the molecule is C=C(C)NC(C)(C)c1ccccc1. The lowest BCUT2D eigenvalue weighted by molar-refractivity contribution is 0.450. The number of rotatable bonds is 3. The van der Waals surface area contributed by atoms with Crippen molar-refractivity contribution in [3.05, 3.63) is 48.2 Å². The van der Waals surface area contributed by atoms with E-state index in [-0.39, 0.29) is 5.54 Å². The monoisotopic (exact) mass is 175 g/mol. The van der Waals surface area contributed by atoms with Crippen molar-refractivity contribution in [1.29, 1.82) is 0 Å². The van der Waals surface area contributed by atoms with Gasteiger partial charge in [0, 0.05) is 5.70 Å². The van der Waals surface area contributed by atoms with Crippen LogP contribution in [0, 0.1) is 0 Å². The topological polar surface area (TPSA) is 12.0 Å². The zero-order valence-electron chi connectivity index (χ0n) is 8.59. The fourth-order valence-electron chi connectivity index (χ4n) is 1.46.